The zero-order valence-electron chi connectivity index (χ0n) is 18.3. The number of benzene rings is 1. The van der Waals surface area contributed by atoms with Crippen LogP contribution in [0.2, 0.25) is 0 Å². The van der Waals surface area contributed by atoms with Crippen molar-refractivity contribution in [3.8, 4) is 5.75 Å². The smallest absolute Gasteiger partial charge is 0.191 e. The van der Waals surface area contributed by atoms with E-state index in [0.29, 0.717) is 19.2 Å². The van der Waals surface area contributed by atoms with Gasteiger partial charge < -0.3 is 20.1 Å². The predicted molar refractivity (Wildman–Crippen MR) is 116 cm³/mol. The first-order valence-electron chi connectivity index (χ1n) is 10.4. The zero-order valence-corrected chi connectivity index (χ0v) is 18.3. The quantitative estimate of drug-likeness (QED) is 0.528. The molecule has 2 N–H and O–H groups in total. The van der Waals surface area contributed by atoms with Crippen LogP contribution in [0, 0.1) is 0 Å². The summed E-state index contributed by atoms with van der Waals surface area (Å²) in [5.74, 6) is 1.74. The van der Waals surface area contributed by atoms with Gasteiger partial charge in [0.2, 0.25) is 0 Å². The first kappa shape index (κ1) is 22.5. The maximum Gasteiger partial charge on any atom is 0.191 e. The highest BCUT2D eigenvalue weighted by molar-refractivity contribution is 5.80. The summed E-state index contributed by atoms with van der Waals surface area (Å²) in [5.41, 5.74) is 1.11. The SMILES string of the molecule is CCNC(=NCc1cccc(OCCN(C)C2CCOCC2)c1)NC(C)(C)C. The maximum absolute atomic E-state index is 5.99. The Morgan fingerprint density at radius 3 is 2.71 bits per heavy atom. The van der Waals surface area contributed by atoms with Crippen molar-refractivity contribution in [1.29, 1.82) is 0 Å². The van der Waals surface area contributed by atoms with Gasteiger partial charge in [-0.25, -0.2) is 4.99 Å². The van der Waals surface area contributed by atoms with Gasteiger partial charge in [-0.3, -0.25) is 4.90 Å². The number of aliphatic imine (C=N–C) groups is 1. The summed E-state index contributed by atoms with van der Waals surface area (Å²) < 4.78 is 11.4. The molecule has 1 saturated heterocycles. The van der Waals surface area contributed by atoms with E-state index in [9.17, 15) is 0 Å². The van der Waals surface area contributed by atoms with Crippen LogP contribution >= 0.6 is 0 Å². The minimum atomic E-state index is -0.0253. The number of guanidine groups is 1. The van der Waals surface area contributed by atoms with E-state index in [4.69, 9.17) is 14.5 Å². The highest BCUT2D eigenvalue weighted by Crippen LogP contribution is 2.16. The highest BCUT2D eigenvalue weighted by atomic mass is 16.5. The molecule has 1 fully saturated rings. The molecule has 0 aliphatic carbocycles. The van der Waals surface area contributed by atoms with Gasteiger partial charge in [0.25, 0.3) is 0 Å². The number of nitrogens with zero attached hydrogens (tertiary/aromatic N) is 2. The second-order valence-corrected chi connectivity index (χ2v) is 8.39. The first-order chi connectivity index (χ1) is 13.4. The third-order valence-electron chi connectivity index (χ3n) is 4.68. The van der Waals surface area contributed by atoms with E-state index in [1.165, 1.54) is 0 Å². The van der Waals surface area contributed by atoms with Gasteiger partial charge >= 0.3 is 0 Å². The maximum atomic E-state index is 5.99. The second kappa shape index (κ2) is 11.3. The highest BCUT2D eigenvalue weighted by Gasteiger charge is 2.18. The fourth-order valence-electron chi connectivity index (χ4n) is 3.18. The molecule has 0 saturated carbocycles. The fourth-order valence-corrected chi connectivity index (χ4v) is 3.18. The summed E-state index contributed by atoms with van der Waals surface area (Å²) in [6.45, 7) is 13.3. The molecule has 158 valence electrons. The Hall–Kier alpha value is -1.79. The van der Waals surface area contributed by atoms with Crippen molar-refractivity contribution in [2.45, 2.75) is 58.7 Å². The van der Waals surface area contributed by atoms with Crippen LogP contribution < -0.4 is 15.4 Å². The van der Waals surface area contributed by atoms with Crippen LogP contribution in [-0.4, -0.2) is 62.4 Å². The van der Waals surface area contributed by atoms with Gasteiger partial charge in [0.15, 0.2) is 5.96 Å². The van der Waals surface area contributed by atoms with Gasteiger partial charge in [-0.2, -0.15) is 0 Å². The number of hydrogen-bond acceptors (Lipinski definition) is 4. The van der Waals surface area contributed by atoms with Crippen LogP contribution in [-0.2, 0) is 11.3 Å². The molecule has 1 heterocycles. The molecule has 0 amide bonds. The molecule has 1 aliphatic heterocycles. The topological polar surface area (TPSA) is 58.1 Å². The summed E-state index contributed by atoms with van der Waals surface area (Å²) in [4.78, 5) is 7.09. The summed E-state index contributed by atoms with van der Waals surface area (Å²) in [6.07, 6.45) is 2.22. The Bertz CT molecular complexity index is 607. The van der Waals surface area contributed by atoms with Crippen molar-refractivity contribution in [3.05, 3.63) is 29.8 Å². The number of hydrogen-bond donors (Lipinski definition) is 2. The third kappa shape index (κ3) is 8.48. The molecular formula is C22H38N4O2. The standard InChI is InChI=1S/C22H38N4O2/c1-6-23-21(25-22(2,3)4)24-17-18-8-7-9-20(16-18)28-15-12-26(5)19-10-13-27-14-11-19/h7-9,16,19H,6,10-15,17H2,1-5H3,(H2,23,24,25). The van der Waals surface area contributed by atoms with Crippen LogP contribution in [0.25, 0.3) is 0 Å². The number of ether oxygens (including phenoxy) is 2. The van der Waals surface area contributed by atoms with Gasteiger partial charge in [-0.05, 0) is 65.3 Å². The molecular weight excluding hydrogens is 352 g/mol. The molecule has 0 radical (unpaired) electrons. The lowest BCUT2D eigenvalue weighted by molar-refractivity contribution is 0.0392. The largest absolute Gasteiger partial charge is 0.492 e. The molecule has 0 atom stereocenters. The molecule has 2 rings (SSSR count). The van der Waals surface area contributed by atoms with E-state index in [0.717, 1.165) is 56.4 Å². The zero-order chi connectivity index (χ0) is 20.4. The van der Waals surface area contributed by atoms with Crippen molar-refractivity contribution in [1.82, 2.24) is 15.5 Å². The number of likely N-dealkylation sites (N-methyl/N-ethyl adjacent to an activating group) is 1. The average molecular weight is 391 g/mol. The van der Waals surface area contributed by atoms with E-state index >= 15 is 0 Å². The third-order valence-corrected chi connectivity index (χ3v) is 4.68. The van der Waals surface area contributed by atoms with Gasteiger partial charge in [0, 0.05) is 37.9 Å². The van der Waals surface area contributed by atoms with Gasteiger partial charge in [0.1, 0.15) is 12.4 Å². The molecule has 1 aliphatic rings. The van der Waals surface area contributed by atoms with Gasteiger partial charge in [0.05, 0.1) is 6.54 Å². The Morgan fingerprint density at radius 2 is 2.04 bits per heavy atom. The van der Waals surface area contributed by atoms with Gasteiger partial charge in [-0.1, -0.05) is 12.1 Å². The molecule has 6 heteroatoms. The Labute approximate surface area is 170 Å². The van der Waals surface area contributed by atoms with Crippen LogP contribution in [0.5, 0.6) is 5.75 Å². The van der Waals surface area contributed by atoms with Crippen molar-refractivity contribution < 1.29 is 9.47 Å². The summed E-state index contributed by atoms with van der Waals surface area (Å²) in [5, 5.41) is 6.71. The molecule has 1 aromatic rings. The lowest BCUT2D eigenvalue weighted by Gasteiger charge is -2.31. The second-order valence-electron chi connectivity index (χ2n) is 8.39. The summed E-state index contributed by atoms with van der Waals surface area (Å²) in [6, 6.07) is 8.83. The Morgan fingerprint density at radius 1 is 1.29 bits per heavy atom. The molecule has 0 spiro atoms. The first-order valence-corrected chi connectivity index (χ1v) is 10.4. The van der Waals surface area contributed by atoms with Crippen molar-refractivity contribution >= 4 is 5.96 Å². The fraction of sp³-hybridized carbons (Fsp3) is 0.682. The molecule has 0 unspecified atom stereocenters. The monoisotopic (exact) mass is 390 g/mol. The Kier molecular flexibility index (Phi) is 9.06. The molecule has 0 aromatic heterocycles. The van der Waals surface area contributed by atoms with E-state index < -0.39 is 0 Å². The Balaban J connectivity index is 1.84. The van der Waals surface area contributed by atoms with E-state index in [1.807, 2.05) is 12.1 Å². The van der Waals surface area contributed by atoms with E-state index in [2.05, 4.69) is 62.4 Å². The normalized spacial score (nSPS) is 16.3. The average Bonchev–Trinajstić information content (AvgIpc) is 2.66. The van der Waals surface area contributed by atoms with Crippen molar-refractivity contribution in [2.24, 2.45) is 4.99 Å². The van der Waals surface area contributed by atoms with Crippen LogP contribution in [0.3, 0.4) is 0 Å². The summed E-state index contributed by atoms with van der Waals surface area (Å²) >= 11 is 0. The summed E-state index contributed by atoms with van der Waals surface area (Å²) in [7, 11) is 2.18. The number of nitrogens with one attached hydrogen (secondary N) is 2. The van der Waals surface area contributed by atoms with Crippen LogP contribution in [0.15, 0.2) is 29.3 Å². The molecule has 6 nitrogen and oxygen atoms in total. The van der Waals surface area contributed by atoms with Gasteiger partial charge in [-0.15, -0.1) is 0 Å². The molecule has 1 aromatic carbocycles. The predicted octanol–water partition coefficient (Wildman–Crippen LogP) is 3.03. The van der Waals surface area contributed by atoms with Crippen molar-refractivity contribution in [3.63, 3.8) is 0 Å². The van der Waals surface area contributed by atoms with E-state index in [1.54, 1.807) is 0 Å². The minimum Gasteiger partial charge on any atom is -0.492 e. The van der Waals surface area contributed by atoms with Crippen LogP contribution in [0.1, 0.15) is 46.1 Å². The number of rotatable bonds is 8. The van der Waals surface area contributed by atoms with Crippen LogP contribution in [0.4, 0.5) is 0 Å². The molecule has 28 heavy (non-hydrogen) atoms. The van der Waals surface area contributed by atoms with Crippen molar-refractivity contribution in [2.75, 3.05) is 40.0 Å². The molecule has 0 bridgehead atoms. The lowest BCUT2D eigenvalue weighted by Crippen LogP contribution is -2.47. The lowest BCUT2D eigenvalue weighted by atomic mass is 10.1. The minimum absolute atomic E-state index is 0.0253. The van der Waals surface area contributed by atoms with E-state index in [-0.39, 0.29) is 5.54 Å².